The summed E-state index contributed by atoms with van der Waals surface area (Å²) in [6.45, 7) is 6.42. The predicted molar refractivity (Wildman–Crippen MR) is 90.0 cm³/mol. The first-order valence-corrected chi connectivity index (χ1v) is 8.65. The normalized spacial score (nSPS) is 18.7. The molecule has 6 heteroatoms. The maximum absolute atomic E-state index is 12.2. The fourth-order valence-corrected chi connectivity index (χ4v) is 3.24. The molecule has 1 fully saturated rings. The second-order valence-electron chi connectivity index (χ2n) is 7.10. The monoisotopic (exact) mass is 322 g/mol. The van der Waals surface area contributed by atoms with Crippen LogP contribution in [0.2, 0.25) is 0 Å². The Morgan fingerprint density at radius 2 is 2.13 bits per heavy atom. The summed E-state index contributed by atoms with van der Waals surface area (Å²) in [5.74, 6) is 0.340. The van der Waals surface area contributed by atoms with Gasteiger partial charge in [-0.15, -0.1) is 0 Å². The van der Waals surface area contributed by atoms with E-state index in [1.807, 2.05) is 23.9 Å². The van der Waals surface area contributed by atoms with E-state index in [1.54, 1.807) is 0 Å². The number of aliphatic hydroxyl groups is 1. The van der Waals surface area contributed by atoms with Crippen molar-refractivity contribution in [3.8, 4) is 0 Å². The van der Waals surface area contributed by atoms with Crippen LogP contribution in [0.15, 0.2) is 12.3 Å². The van der Waals surface area contributed by atoms with Gasteiger partial charge < -0.3 is 15.7 Å². The second kappa shape index (κ2) is 7.81. The molecular weight excluding hydrogens is 292 g/mol. The molecule has 1 aromatic rings. The number of aromatic nitrogens is 2. The minimum Gasteiger partial charge on any atom is -0.394 e. The van der Waals surface area contributed by atoms with Crippen LogP contribution < -0.4 is 10.6 Å². The van der Waals surface area contributed by atoms with Crippen LogP contribution in [0.3, 0.4) is 0 Å². The van der Waals surface area contributed by atoms with Crippen LogP contribution >= 0.6 is 0 Å². The molecule has 3 N–H and O–H groups in total. The van der Waals surface area contributed by atoms with Crippen molar-refractivity contribution in [2.45, 2.75) is 71.0 Å². The number of aliphatic hydroxyl groups excluding tert-OH is 1. The van der Waals surface area contributed by atoms with E-state index >= 15 is 0 Å². The molecule has 1 saturated carbocycles. The van der Waals surface area contributed by atoms with E-state index < -0.39 is 5.54 Å². The summed E-state index contributed by atoms with van der Waals surface area (Å²) in [6, 6.07) is 1.97. The van der Waals surface area contributed by atoms with Crippen LogP contribution in [-0.4, -0.2) is 33.1 Å². The van der Waals surface area contributed by atoms with E-state index in [2.05, 4.69) is 29.6 Å². The Bertz CT molecular complexity index is 508. The third-order valence-electron chi connectivity index (χ3n) is 4.86. The van der Waals surface area contributed by atoms with Crippen LogP contribution in [0.4, 0.5) is 4.79 Å². The SMILES string of the molecule is CC(C)n1ccc(CNC(=O)N[C@@](C)(CO)C2CCCCC2)n1. The van der Waals surface area contributed by atoms with Crippen molar-refractivity contribution in [2.75, 3.05) is 6.61 Å². The van der Waals surface area contributed by atoms with Gasteiger partial charge in [0.25, 0.3) is 0 Å². The molecule has 1 aliphatic carbocycles. The molecule has 0 aliphatic heterocycles. The molecule has 0 radical (unpaired) electrons. The Kier molecular flexibility index (Phi) is 6.04. The van der Waals surface area contributed by atoms with Crippen molar-refractivity contribution < 1.29 is 9.90 Å². The highest BCUT2D eigenvalue weighted by Gasteiger charge is 2.35. The fraction of sp³-hybridized carbons (Fsp3) is 0.765. The Hall–Kier alpha value is -1.56. The molecule has 0 spiro atoms. The van der Waals surface area contributed by atoms with Gasteiger partial charge in [0.1, 0.15) is 0 Å². The lowest BCUT2D eigenvalue weighted by atomic mass is 9.76. The molecule has 0 unspecified atom stereocenters. The summed E-state index contributed by atoms with van der Waals surface area (Å²) in [5, 5.41) is 20.0. The number of rotatable bonds is 6. The third-order valence-corrected chi connectivity index (χ3v) is 4.86. The van der Waals surface area contributed by atoms with E-state index in [-0.39, 0.29) is 12.6 Å². The summed E-state index contributed by atoms with van der Waals surface area (Å²) in [6.07, 6.45) is 7.65. The molecule has 1 heterocycles. The lowest BCUT2D eigenvalue weighted by Crippen LogP contribution is -2.57. The smallest absolute Gasteiger partial charge is 0.315 e. The Labute approximate surface area is 138 Å². The second-order valence-corrected chi connectivity index (χ2v) is 7.10. The standard InChI is InChI=1S/C17H30N4O2/c1-13(2)21-10-9-15(20-21)11-18-16(23)19-17(3,12-22)14-7-5-4-6-8-14/h9-10,13-14,22H,4-8,11-12H2,1-3H3,(H2,18,19,23)/t17-/m0/s1. The Morgan fingerprint density at radius 3 is 2.70 bits per heavy atom. The molecule has 2 rings (SSSR count). The van der Waals surface area contributed by atoms with Crippen molar-refractivity contribution in [1.29, 1.82) is 0 Å². The van der Waals surface area contributed by atoms with Gasteiger partial charge in [0, 0.05) is 12.2 Å². The minimum atomic E-state index is -0.554. The van der Waals surface area contributed by atoms with Gasteiger partial charge >= 0.3 is 6.03 Å². The average Bonchev–Trinajstić information content (AvgIpc) is 3.03. The molecule has 23 heavy (non-hydrogen) atoms. The highest BCUT2D eigenvalue weighted by atomic mass is 16.3. The zero-order valence-corrected chi connectivity index (χ0v) is 14.5. The highest BCUT2D eigenvalue weighted by Crippen LogP contribution is 2.32. The number of carbonyl (C=O) groups excluding carboxylic acids is 1. The Balaban J connectivity index is 1.86. The number of urea groups is 1. The molecule has 0 bridgehead atoms. The molecule has 1 atom stereocenters. The third kappa shape index (κ3) is 4.70. The van der Waals surface area contributed by atoms with Gasteiger partial charge in [0.15, 0.2) is 0 Å². The summed E-state index contributed by atoms with van der Waals surface area (Å²) < 4.78 is 1.87. The maximum Gasteiger partial charge on any atom is 0.315 e. The van der Waals surface area contributed by atoms with Crippen molar-refractivity contribution in [3.63, 3.8) is 0 Å². The van der Waals surface area contributed by atoms with Gasteiger partial charge in [0.2, 0.25) is 0 Å². The summed E-state index contributed by atoms with van der Waals surface area (Å²) in [4.78, 5) is 12.2. The number of nitrogens with zero attached hydrogens (tertiary/aromatic N) is 2. The molecule has 1 aliphatic rings. The molecule has 130 valence electrons. The first-order chi connectivity index (χ1) is 10.9. The number of hydrogen-bond donors (Lipinski definition) is 3. The van der Waals surface area contributed by atoms with E-state index in [4.69, 9.17) is 0 Å². The Morgan fingerprint density at radius 1 is 1.43 bits per heavy atom. The van der Waals surface area contributed by atoms with Gasteiger partial charge in [-0.05, 0) is 45.6 Å². The lowest BCUT2D eigenvalue weighted by molar-refractivity contribution is 0.101. The van der Waals surface area contributed by atoms with Crippen molar-refractivity contribution in [2.24, 2.45) is 5.92 Å². The molecule has 0 saturated heterocycles. The van der Waals surface area contributed by atoms with Gasteiger partial charge in [-0.25, -0.2) is 4.79 Å². The molecule has 1 aromatic heterocycles. The maximum atomic E-state index is 12.2. The number of carbonyl (C=O) groups is 1. The van der Waals surface area contributed by atoms with Crippen molar-refractivity contribution in [3.05, 3.63) is 18.0 Å². The molecule has 0 aromatic carbocycles. The predicted octanol–water partition coefficient (Wildman–Crippen LogP) is 2.59. The van der Waals surface area contributed by atoms with Crippen molar-refractivity contribution >= 4 is 6.03 Å². The molecule has 2 amide bonds. The largest absolute Gasteiger partial charge is 0.394 e. The molecule has 6 nitrogen and oxygen atoms in total. The van der Waals surface area contributed by atoms with E-state index in [0.29, 0.717) is 18.5 Å². The highest BCUT2D eigenvalue weighted by molar-refractivity contribution is 5.74. The van der Waals surface area contributed by atoms with Crippen LogP contribution in [0.25, 0.3) is 0 Å². The minimum absolute atomic E-state index is 0.0347. The van der Waals surface area contributed by atoms with Crippen LogP contribution in [0.1, 0.15) is 64.6 Å². The van der Waals surface area contributed by atoms with Gasteiger partial charge in [-0.3, -0.25) is 4.68 Å². The van der Waals surface area contributed by atoms with E-state index in [9.17, 15) is 9.90 Å². The van der Waals surface area contributed by atoms with Gasteiger partial charge in [-0.2, -0.15) is 5.10 Å². The van der Waals surface area contributed by atoms with Crippen LogP contribution in [0.5, 0.6) is 0 Å². The number of amides is 2. The van der Waals surface area contributed by atoms with Crippen molar-refractivity contribution in [1.82, 2.24) is 20.4 Å². The molecular formula is C17H30N4O2. The van der Waals surface area contributed by atoms with Crippen LogP contribution in [-0.2, 0) is 6.54 Å². The summed E-state index contributed by atoms with van der Waals surface area (Å²) in [5.41, 5.74) is 0.277. The van der Waals surface area contributed by atoms with Gasteiger partial charge in [-0.1, -0.05) is 19.3 Å². The number of hydrogen-bond acceptors (Lipinski definition) is 3. The zero-order valence-electron chi connectivity index (χ0n) is 14.5. The average molecular weight is 322 g/mol. The lowest BCUT2D eigenvalue weighted by Gasteiger charge is -2.39. The fourth-order valence-electron chi connectivity index (χ4n) is 3.24. The zero-order chi connectivity index (χ0) is 16.9. The summed E-state index contributed by atoms with van der Waals surface area (Å²) >= 11 is 0. The first kappa shape index (κ1) is 17.8. The van der Waals surface area contributed by atoms with Gasteiger partial charge in [0.05, 0.1) is 24.4 Å². The topological polar surface area (TPSA) is 79.2 Å². The number of nitrogens with one attached hydrogen (secondary N) is 2. The quantitative estimate of drug-likeness (QED) is 0.753. The first-order valence-electron chi connectivity index (χ1n) is 8.65. The van der Waals surface area contributed by atoms with Crippen LogP contribution in [0, 0.1) is 5.92 Å². The van der Waals surface area contributed by atoms with E-state index in [1.165, 1.54) is 19.3 Å². The summed E-state index contributed by atoms with van der Waals surface area (Å²) in [7, 11) is 0. The van der Waals surface area contributed by atoms with E-state index in [0.717, 1.165) is 18.5 Å².